The number of benzene rings is 2. The van der Waals surface area contributed by atoms with Crippen LogP contribution in [0.5, 0.6) is 5.75 Å². The fourth-order valence-electron chi connectivity index (χ4n) is 5.16. The highest BCUT2D eigenvalue weighted by molar-refractivity contribution is 6.32. The topological polar surface area (TPSA) is 94.3 Å². The molecular formula is C25H26ClN5O2. The van der Waals surface area contributed by atoms with Gasteiger partial charge < -0.3 is 20.1 Å². The van der Waals surface area contributed by atoms with E-state index in [2.05, 4.69) is 26.5 Å². The molecule has 2 aromatic carbocycles. The third-order valence-corrected chi connectivity index (χ3v) is 7.19. The number of fused-ring (bicyclic) bond motifs is 3. The van der Waals surface area contributed by atoms with Crippen LogP contribution in [-0.4, -0.2) is 41.6 Å². The van der Waals surface area contributed by atoms with Crippen molar-refractivity contribution in [3.05, 3.63) is 52.5 Å². The summed E-state index contributed by atoms with van der Waals surface area (Å²) < 4.78 is 5.23. The maximum atomic E-state index is 10.6. The fraction of sp³-hybridized carbons (Fsp3) is 0.400. The van der Waals surface area contributed by atoms with Gasteiger partial charge in [0.1, 0.15) is 5.75 Å². The Balaban J connectivity index is 1.47. The van der Waals surface area contributed by atoms with Gasteiger partial charge in [-0.25, -0.2) is 0 Å². The van der Waals surface area contributed by atoms with Gasteiger partial charge in [0.2, 0.25) is 0 Å². The predicted molar refractivity (Wildman–Crippen MR) is 129 cm³/mol. The Morgan fingerprint density at radius 3 is 2.64 bits per heavy atom. The van der Waals surface area contributed by atoms with E-state index >= 15 is 0 Å². The monoisotopic (exact) mass is 463 g/mol. The summed E-state index contributed by atoms with van der Waals surface area (Å²) in [7, 11) is 1.59. The van der Waals surface area contributed by atoms with Gasteiger partial charge in [-0.2, -0.15) is 5.26 Å². The third kappa shape index (κ3) is 4.17. The molecule has 2 aliphatic rings. The number of nitrogens with zero attached hydrogens (tertiary/aromatic N) is 4. The second-order valence-corrected chi connectivity index (χ2v) is 9.32. The zero-order valence-electron chi connectivity index (χ0n) is 18.5. The van der Waals surface area contributed by atoms with Gasteiger partial charge in [-0.3, -0.25) is 0 Å². The number of aliphatic hydroxyl groups is 1. The first-order valence-electron chi connectivity index (χ1n) is 11.3. The molecule has 0 amide bonds. The lowest BCUT2D eigenvalue weighted by atomic mass is 9.75. The van der Waals surface area contributed by atoms with Crippen LogP contribution in [0.25, 0.3) is 10.8 Å². The highest BCUT2D eigenvalue weighted by atomic mass is 35.5. The summed E-state index contributed by atoms with van der Waals surface area (Å²) in [5, 5.41) is 34.9. The van der Waals surface area contributed by atoms with Gasteiger partial charge in [-0.05, 0) is 48.7 Å². The standard InChI is InChI=1S/C25H26ClN5O2/c1-33-22-8-6-16(10-21(22)26)12-28-24-20-9-15(11-27)5-7-19(20)25(30-29-24)31-13-17-3-2-4-18(14-31)23(17)32/h5-10,17-18,23,32H,2-4,12-14H2,1H3,(H,28,29). The molecule has 33 heavy (non-hydrogen) atoms. The second-order valence-electron chi connectivity index (χ2n) is 8.91. The summed E-state index contributed by atoms with van der Waals surface area (Å²) in [4.78, 5) is 2.26. The normalized spacial score (nSPS) is 22.1. The van der Waals surface area contributed by atoms with Crippen LogP contribution in [0.3, 0.4) is 0 Å². The summed E-state index contributed by atoms with van der Waals surface area (Å²) in [6, 6.07) is 13.5. The summed E-state index contributed by atoms with van der Waals surface area (Å²) >= 11 is 6.26. The lowest BCUT2D eigenvalue weighted by Gasteiger charge is -2.45. The molecule has 3 aromatic rings. The molecule has 5 rings (SSSR count). The third-order valence-electron chi connectivity index (χ3n) is 6.89. The van der Waals surface area contributed by atoms with E-state index in [4.69, 9.17) is 16.3 Å². The van der Waals surface area contributed by atoms with Crippen LogP contribution in [0.2, 0.25) is 5.02 Å². The van der Waals surface area contributed by atoms with Gasteiger partial charge >= 0.3 is 0 Å². The molecule has 2 N–H and O–H groups in total. The molecule has 2 bridgehead atoms. The molecule has 0 radical (unpaired) electrons. The van der Waals surface area contributed by atoms with E-state index in [0.29, 0.717) is 28.7 Å². The number of nitrogens with one attached hydrogen (secondary N) is 1. The van der Waals surface area contributed by atoms with Crippen molar-refractivity contribution in [2.45, 2.75) is 31.9 Å². The minimum Gasteiger partial charge on any atom is -0.495 e. The number of rotatable bonds is 5. The van der Waals surface area contributed by atoms with Crippen molar-refractivity contribution in [3.8, 4) is 11.8 Å². The van der Waals surface area contributed by atoms with Crippen LogP contribution in [0.1, 0.15) is 30.4 Å². The van der Waals surface area contributed by atoms with Crippen LogP contribution in [0, 0.1) is 23.2 Å². The molecule has 1 aliphatic carbocycles. The van der Waals surface area contributed by atoms with Gasteiger partial charge in [0.05, 0.1) is 29.9 Å². The van der Waals surface area contributed by atoms with Crippen molar-refractivity contribution in [2.24, 2.45) is 11.8 Å². The maximum absolute atomic E-state index is 10.6. The van der Waals surface area contributed by atoms with Crippen LogP contribution < -0.4 is 15.0 Å². The maximum Gasteiger partial charge on any atom is 0.159 e. The Hall–Kier alpha value is -3.08. The molecular weight excluding hydrogens is 438 g/mol. The summed E-state index contributed by atoms with van der Waals surface area (Å²) in [6.45, 7) is 2.06. The number of aliphatic hydroxyl groups excluding tert-OH is 1. The number of piperidine rings is 1. The lowest BCUT2D eigenvalue weighted by Crippen LogP contribution is -2.51. The lowest BCUT2D eigenvalue weighted by molar-refractivity contribution is 0.00583. The molecule has 7 nitrogen and oxygen atoms in total. The molecule has 2 heterocycles. The van der Waals surface area contributed by atoms with Gasteiger partial charge in [0.15, 0.2) is 11.6 Å². The number of halogens is 1. The highest BCUT2D eigenvalue weighted by Crippen LogP contribution is 2.38. The van der Waals surface area contributed by atoms with E-state index in [9.17, 15) is 10.4 Å². The van der Waals surface area contributed by atoms with Crippen LogP contribution in [0.15, 0.2) is 36.4 Å². The minimum absolute atomic E-state index is 0.225. The predicted octanol–water partition coefficient (Wildman–Crippen LogP) is 4.37. The molecule has 2 unspecified atom stereocenters. The average molecular weight is 464 g/mol. The quantitative estimate of drug-likeness (QED) is 0.580. The molecule has 0 spiro atoms. The van der Waals surface area contributed by atoms with E-state index < -0.39 is 0 Å². The molecule has 170 valence electrons. The first kappa shape index (κ1) is 21.7. The fourth-order valence-corrected chi connectivity index (χ4v) is 5.44. The molecule has 1 saturated carbocycles. The Bertz CT molecular complexity index is 1210. The van der Waals surface area contributed by atoms with Gasteiger partial charge in [-0.1, -0.05) is 24.1 Å². The van der Waals surface area contributed by atoms with Gasteiger partial charge in [0, 0.05) is 42.2 Å². The first-order valence-corrected chi connectivity index (χ1v) is 11.6. The summed E-state index contributed by atoms with van der Waals surface area (Å²) in [6.07, 6.45) is 3.04. The number of anilines is 2. The highest BCUT2D eigenvalue weighted by Gasteiger charge is 2.39. The molecule has 1 aromatic heterocycles. The van der Waals surface area contributed by atoms with E-state index in [1.165, 1.54) is 6.42 Å². The number of methoxy groups -OCH3 is 1. The van der Waals surface area contributed by atoms with E-state index in [1.54, 1.807) is 7.11 Å². The van der Waals surface area contributed by atoms with Crippen LogP contribution >= 0.6 is 11.6 Å². The van der Waals surface area contributed by atoms with Crippen molar-refractivity contribution in [1.29, 1.82) is 5.26 Å². The van der Waals surface area contributed by atoms with E-state index in [-0.39, 0.29) is 17.9 Å². The van der Waals surface area contributed by atoms with Crippen molar-refractivity contribution in [2.75, 3.05) is 30.4 Å². The van der Waals surface area contributed by atoms with Crippen LogP contribution in [0.4, 0.5) is 11.6 Å². The number of hydrogen-bond acceptors (Lipinski definition) is 7. The second kappa shape index (κ2) is 9.05. The van der Waals surface area contributed by atoms with Crippen molar-refractivity contribution < 1.29 is 9.84 Å². The zero-order chi connectivity index (χ0) is 22.9. The SMILES string of the molecule is COc1ccc(CNc2nnc(N3CC4CCCC(C3)C4O)c3ccc(C#N)cc23)cc1Cl. The molecule has 1 aliphatic heterocycles. The van der Waals surface area contributed by atoms with Crippen molar-refractivity contribution in [3.63, 3.8) is 0 Å². The molecule has 8 heteroatoms. The van der Waals surface area contributed by atoms with Crippen molar-refractivity contribution >= 4 is 34.0 Å². The Morgan fingerprint density at radius 2 is 1.94 bits per heavy atom. The number of ether oxygens (including phenoxy) is 1. The molecule has 2 atom stereocenters. The smallest absolute Gasteiger partial charge is 0.159 e. The summed E-state index contributed by atoms with van der Waals surface area (Å²) in [5.74, 6) is 2.60. The average Bonchev–Trinajstić information content (AvgIpc) is 2.82. The van der Waals surface area contributed by atoms with Gasteiger partial charge in [0.25, 0.3) is 0 Å². The largest absolute Gasteiger partial charge is 0.495 e. The number of aromatic nitrogens is 2. The number of nitriles is 1. The van der Waals surface area contributed by atoms with Crippen molar-refractivity contribution in [1.82, 2.24) is 10.2 Å². The van der Waals surface area contributed by atoms with E-state index in [0.717, 1.165) is 48.1 Å². The minimum atomic E-state index is -0.225. The summed E-state index contributed by atoms with van der Waals surface area (Å²) in [5.41, 5.74) is 1.55. The molecule has 2 fully saturated rings. The van der Waals surface area contributed by atoms with Gasteiger partial charge in [-0.15, -0.1) is 10.2 Å². The first-order chi connectivity index (χ1) is 16.1. The zero-order valence-corrected chi connectivity index (χ0v) is 19.2. The number of hydrogen-bond donors (Lipinski definition) is 2. The molecule has 1 saturated heterocycles. The van der Waals surface area contributed by atoms with Crippen LogP contribution in [-0.2, 0) is 6.54 Å². The Kier molecular flexibility index (Phi) is 5.96. The Labute approximate surface area is 197 Å². The van der Waals surface area contributed by atoms with E-state index in [1.807, 2.05) is 36.4 Å². The Morgan fingerprint density at radius 1 is 1.15 bits per heavy atom.